The maximum Gasteiger partial charge on any atom is 0.0727 e. The smallest absolute Gasteiger partial charge is 0.0727 e. The van der Waals surface area contributed by atoms with Crippen LogP contribution < -0.4 is 9.80 Å². The highest BCUT2D eigenvalue weighted by Crippen LogP contribution is 2.60. The van der Waals surface area contributed by atoms with Crippen LogP contribution in [0.4, 0.5) is 34.1 Å². The quantitative estimate of drug-likeness (QED) is 0.151. The Bertz CT molecular complexity index is 3660. The molecule has 292 valence electrons. The van der Waals surface area contributed by atoms with Crippen molar-refractivity contribution in [1.29, 1.82) is 0 Å². The zero-order chi connectivity index (χ0) is 45.4. The Kier molecular flexibility index (Phi) is 7.43. The van der Waals surface area contributed by atoms with E-state index >= 15 is 0 Å². The number of anilines is 6. The molecule has 10 aromatic carbocycles. The van der Waals surface area contributed by atoms with Crippen molar-refractivity contribution in [3.8, 4) is 11.1 Å². The van der Waals surface area contributed by atoms with E-state index < -0.39 is 11.5 Å². The number of hydrogen-bond donors (Lipinski definition) is 0. The minimum absolute atomic E-state index is 0.223. The number of para-hydroxylation sites is 3. The summed E-state index contributed by atoms with van der Waals surface area (Å²) in [7, 11) is 0. The van der Waals surface area contributed by atoms with Crippen LogP contribution in [0.15, 0.2) is 243 Å². The first-order valence-corrected chi connectivity index (χ1v) is 21.7. The molecule has 0 amide bonds. The van der Waals surface area contributed by atoms with Crippen molar-refractivity contribution >= 4 is 76.4 Å². The third kappa shape index (κ3) is 5.70. The van der Waals surface area contributed by atoms with Crippen LogP contribution in [0.25, 0.3) is 42.1 Å². The molecule has 0 fully saturated rings. The van der Waals surface area contributed by atoms with Crippen LogP contribution in [0.1, 0.15) is 29.1 Å². The fraction of sp³-hybridized carbons (Fsp3) is 0.0169. The Morgan fingerprint density at radius 3 is 1.50 bits per heavy atom. The summed E-state index contributed by atoms with van der Waals surface area (Å²) < 4.78 is 48.9. The van der Waals surface area contributed by atoms with Crippen LogP contribution in [-0.2, 0) is 5.41 Å². The fourth-order valence-corrected chi connectivity index (χ4v) is 11.0. The van der Waals surface area contributed by atoms with Gasteiger partial charge >= 0.3 is 0 Å². The summed E-state index contributed by atoms with van der Waals surface area (Å²) in [5.41, 5.74) is 9.00. The van der Waals surface area contributed by atoms with Gasteiger partial charge in [0.15, 0.2) is 0 Å². The number of thiophene rings is 1. The van der Waals surface area contributed by atoms with E-state index in [9.17, 15) is 5.48 Å². The summed E-state index contributed by atoms with van der Waals surface area (Å²) in [6.45, 7) is 0. The summed E-state index contributed by atoms with van der Waals surface area (Å²) >= 11 is 1.68. The van der Waals surface area contributed by atoms with Crippen LogP contribution in [0.5, 0.6) is 0 Å². The van der Waals surface area contributed by atoms with Gasteiger partial charge in [0.1, 0.15) is 0 Å². The molecule has 0 aliphatic heterocycles. The first kappa shape index (κ1) is 31.2. The molecule has 0 N–H and O–H groups in total. The molecule has 0 saturated heterocycles. The monoisotopic (exact) mass is 813 g/mol. The molecule has 1 aromatic heterocycles. The Morgan fingerprint density at radius 1 is 0.371 bits per heavy atom. The number of fused-ring (bicyclic) bond motifs is 7. The molecular formula is C59H40N2S. The average molecular weight is 814 g/mol. The van der Waals surface area contributed by atoms with Crippen LogP contribution in [0.3, 0.4) is 0 Å². The van der Waals surface area contributed by atoms with Crippen molar-refractivity contribution in [2.45, 2.75) is 5.41 Å². The maximum atomic E-state index is 9.82. The minimum atomic E-state index is -1.35. The predicted molar refractivity (Wildman–Crippen MR) is 264 cm³/mol. The van der Waals surface area contributed by atoms with E-state index in [1.807, 2.05) is 48.5 Å². The molecule has 0 bridgehead atoms. The number of nitrogens with zero attached hydrogens (tertiary/aromatic N) is 2. The van der Waals surface area contributed by atoms with Crippen LogP contribution in [0, 0.1) is 0 Å². The van der Waals surface area contributed by atoms with Gasteiger partial charge < -0.3 is 9.80 Å². The second-order valence-corrected chi connectivity index (χ2v) is 16.8. The molecular weight excluding hydrogens is 769 g/mol. The first-order valence-electron chi connectivity index (χ1n) is 23.3. The highest BCUT2D eigenvalue weighted by atomic mass is 32.1. The van der Waals surface area contributed by atoms with Gasteiger partial charge in [-0.2, -0.15) is 0 Å². The zero-order valence-corrected chi connectivity index (χ0v) is 34.3. The summed E-state index contributed by atoms with van der Waals surface area (Å²) in [6, 6.07) is 71.9. The second-order valence-electron chi connectivity index (χ2n) is 15.7. The van der Waals surface area contributed by atoms with Crippen molar-refractivity contribution < 1.29 is 6.85 Å². The molecule has 3 heteroatoms. The van der Waals surface area contributed by atoms with E-state index in [-0.39, 0.29) is 29.7 Å². The molecule has 0 radical (unpaired) electrons. The van der Waals surface area contributed by atoms with Gasteiger partial charge in [-0.25, -0.2) is 0 Å². The minimum Gasteiger partial charge on any atom is -0.310 e. The maximum absolute atomic E-state index is 9.82. The van der Waals surface area contributed by atoms with Gasteiger partial charge in [0.05, 0.1) is 12.3 Å². The molecule has 1 heterocycles. The van der Waals surface area contributed by atoms with Crippen LogP contribution in [-0.4, -0.2) is 0 Å². The summed E-state index contributed by atoms with van der Waals surface area (Å²) in [6.07, 6.45) is 0. The lowest BCUT2D eigenvalue weighted by Gasteiger charge is -2.35. The van der Waals surface area contributed by atoms with Crippen molar-refractivity contribution in [3.63, 3.8) is 0 Å². The van der Waals surface area contributed by atoms with Gasteiger partial charge in [-0.15, -0.1) is 11.3 Å². The number of hydrogen-bond acceptors (Lipinski definition) is 3. The van der Waals surface area contributed by atoms with Crippen LogP contribution in [0.2, 0.25) is 0 Å². The third-order valence-corrected chi connectivity index (χ3v) is 13.6. The largest absolute Gasteiger partial charge is 0.310 e. The van der Waals surface area contributed by atoms with E-state index in [0.717, 1.165) is 92.9 Å². The Morgan fingerprint density at radius 2 is 0.871 bits per heavy atom. The Hall–Kier alpha value is -7.72. The predicted octanol–water partition coefficient (Wildman–Crippen LogP) is 16.5. The van der Waals surface area contributed by atoms with Gasteiger partial charge in [0.2, 0.25) is 0 Å². The van der Waals surface area contributed by atoms with Gasteiger partial charge in [0, 0.05) is 54.3 Å². The molecule has 1 aliphatic carbocycles. The molecule has 0 saturated carbocycles. The first-order chi connectivity index (χ1) is 32.8. The zero-order valence-electron chi connectivity index (χ0n) is 38.5. The van der Waals surface area contributed by atoms with E-state index in [0.29, 0.717) is 0 Å². The van der Waals surface area contributed by atoms with Crippen molar-refractivity contribution in [2.24, 2.45) is 0 Å². The topological polar surface area (TPSA) is 6.48 Å². The van der Waals surface area contributed by atoms with E-state index in [1.54, 1.807) is 11.3 Å². The highest BCUT2D eigenvalue weighted by Gasteiger charge is 2.48. The van der Waals surface area contributed by atoms with Crippen molar-refractivity contribution in [3.05, 3.63) is 265 Å². The van der Waals surface area contributed by atoms with Crippen molar-refractivity contribution in [1.82, 2.24) is 0 Å². The van der Waals surface area contributed by atoms with Crippen LogP contribution >= 0.6 is 11.3 Å². The van der Waals surface area contributed by atoms with Crippen molar-refractivity contribution in [2.75, 3.05) is 9.80 Å². The highest BCUT2D eigenvalue weighted by molar-refractivity contribution is 7.26. The summed E-state index contributed by atoms with van der Waals surface area (Å²) in [5.74, 6) is 0. The lowest BCUT2D eigenvalue weighted by Crippen LogP contribution is -2.28. The Labute approximate surface area is 372 Å². The van der Waals surface area contributed by atoms with Gasteiger partial charge in [-0.1, -0.05) is 164 Å². The molecule has 2 nitrogen and oxygen atoms in total. The van der Waals surface area contributed by atoms with Gasteiger partial charge in [-0.3, -0.25) is 0 Å². The lowest BCUT2D eigenvalue weighted by atomic mass is 9.67. The fourth-order valence-electron chi connectivity index (χ4n) is 9.70. The molecule has 12 rings (SSSR count). The van der Waals surface area contributed by atoms with Gasteiger partial charge in [0.25, 0.3) is 0 Å². The molecule has 11 aromatic rings. The summed E-state index contributed by atoms with van der Waals surface area (Å²) in [5, 5.41) is 4.43. The lowest BCUT2D eigenvalue weighted by molar-refractivity contribution is 0.778. The molecule has 1 aliphatic rings. The molecule has 1 atom stereocenters. The Balaban J connectivity index is 1.22. The second kappa shape index (κ2) is 14.8. The molecule has 0 spiro atoms. The normalized spacial score (nSPS) is 15.3. The van der Waals surface area contributed by atoms with E-state index in [1.165, 1.54) is 0 Å². The average Bonchev–Trinajstić information content (AvgIpc) is 3.90. The summed E-state index contributed by atoms with van der Waals surface area (Å²) in [4.78, 5) is 4.51. The van der Waals surface area contributed by atoms with E-state index in [2.05, 4.69) is 174 Å². The number of benzene rings is 10. The van der Waals surface area contributed by atoms with Gasteiger partial charge in [-0.05, 0) is 123 Å². The number of rotatable bonds is 8. The molecule has 1 unspecified atom stereocenters. The molecule has 62 heavy (non-hydrogen) atoms. The SMILES string of the molecule is [2H]c1c([2H])c([2H])c(C2(c3cccc4c3sc3ccccc34)c3ccc(N(c4ccccc4)c4ccccc4)cc3-c3cc(N(c4ccccc4)c4ccc5ccccc5c4)ccc32)c([2H])c1[2H]. The third-order valence-electron chi connectivity index (χ3n) is 12.3. The van der Waals surface area contributed by atoms with E-state index in [4.69, 9.17) is 1.37 Å². The standard InChI is InChI=1S/C59H40N2S/c1-5-20-43(21-6-1)59(56-30-17-29-51-50-28-15-16-31-57(50)62-58(51)56)54-36-34-48(60(44-22-7-2-8-23-44)45-24-9-3-10-25-45)39-52(54)53-40-49(35-37-55(53)59)61(46-26-11-4-12-27-46)47-33-32-41-18-13-14-19-42(41)38-47/h1-40H/i1D,5D,6D,20D,21D.